The molecule has 1 N–H and O–H groups in total. The number of hydrogen-bond donors (Lipinski definition) is 1. The summed E-state index contributed by atoms with van der Waals surface area (Å²) >= 11 is 0. The van der Waals surface area contributed by atoms with Gasteiger partial charge >= 0.3 is 0 Å². The summed E-state index contributed by atoms with van der Waals surface area (Å²) < 4.78 is 20.0. The topological polar surface area (TPSA) is 38.3 Å². The van der Waals surface area contributed by atoms with Gasteiger partial charge in [0.25, 0.3) is 7.52 Å². The molecule has 0 spiro atoms. The summed E-state index contributed by atoms with van der Waals surface area (Å²) in [6.45, 7) is 10.8. The molecule has 23 heavy (non-hydrogen) atoms. The van der Waals surface area contributed by atoms with Crippen LogP contribution in [0.4, 0.5) is 0 Å². The molecule has 4 atom stereocenters. The molecule has 3 nitrogen and oxygen atoms in total. The van der Waals surface area contributed by atoms with Gasteiger partial charge in [-0.2, -0.15) is 0 Å². The van der Waals surface area contributed by atoms with Gasteiger partial charge in [0.2, 0.25) is 0 Å². The second-order valence-corrected chi connectivity index (χ2v) is 9.73. The van der Waals surface area contributed by atoms with E-state index in [1.165, 1.54) is 12.8 Å². The maximum Gasteiger partial charge on any atom is 0.300 e. The van der Waals surface area contributed by atoms with E-state index in [9.17, 15) is 4.57 Å². The van der Waals surface area contributed by atoms with Crippen molar-refractivity contribution in [1.82, 2.24) is 5.09 Å². The van der Waals surface area contributed by atoms with Crippen molar-refractivity contribution in [1.29, 1.82) is 0 Å². The van der Waals surface area contributed by atoms with E-state index in [4.69, 9.17) is 4.52 Å². The van der Waals surface area contributed by atoms with Crippen molar-refractivity contribution in [2.45, 2.75) is 66.0 Å². The Morgan fingerprint density at radius 2 is 1.78 bits per heavy atom. The van der Waals surface area contributed by atoms with Gasteiger partial charge in [0.1, 0.15) is 0 Å². The molecule has 1 aromatic rings. The van der Waals surface area contributed by atoms with Crippen LogP contribution < -0.4 is 10.4 Å². The van der Waals surface area contributed by atoms with Gasteiger partial charge in [-0.05, 0) is 56.6 Å². The zero-order valence-electron chi connectivity index (χ0n) is 15.2. The third-order valence-corrected chi connectivity index (χ3v) is 7.17. The molecule has 0 amide bonds. The Kier molecular flexibility index (Phi) is 6.48. The normalized spacial score (nSPS) is 28.0. The molecule has 130 valence electrons. The SMILES string of the molecule is CC(C)N[P@](=O)(O[C@@H]1C[C@H](C)CC[C@@H]1C(C)C)c1ccccc1. The molecule has 1 saturated carbocycles. The quantitative estimate of drug-likeness (QED) is 0.744. The lowest BCUT2D eigenvalue weighted by Crippen LogP contribution is -2.37. The summed E-state index contributed by atoms with van der Waals surface area (Å²) in [7, 11) is -3.05. The molecule has 1 aliphatic rings. The fourth-order valence-corrected chi connectivity index (χ4v) is 5.76. The first kappa shape index (κ1) is 18.7. The van der Waals surface area contributed by atoms with Gasteiger partial charge in [0.15, 0.2) is 0 Å². The fraction of sp³-hybridized carbons (Fsp3) is 0.684. The van der Waals surface area contributed by atoms with Gasteiger partial charge < -0.3 is 4.52 Å². The number of rotatable bonds is 6. The minimum atomic E-state index is -3.05. The smallest absolute Gasteiger partial charge is 0.300 e. The predicted octanol–water partition coefficient (Wildman–Crippen LogP) is 4.98. The van der Waals surface area contributed by atoms with Gasteiger partial charge in [-0.25, -0.2) is 5.09 Å². The Labute approximate surface area is 141 Å². The summed E-state index contributed by atoms with van der Waals surface area (Å²) in [5, 5.41) is 4.00. The van der Waals surface area contributed by atoms with Crippen LogP contribution in [0, 0.1) is 17.8 Å². The van der Waals surface area contributed by atoms with Crippen LogP contribution in [-0.4, -0.2) is 12.1 Å². The Morgan fingerprint density at radius 1 is 1.13 bits per heavy atom. The van der Waals surface area contributed by atoms with E-state index in [2.05, 4.69) is 25.9 Å². The molecule has 0 aliphatic heterocycles. The highest BCUT2D eigenvalue weighted by Crippen LogP contribution is 2.48. The van der Waals surface area contributed by atoms with Crippen LogP contribution in [0.5, 0.6) is 0 Å². The first-order chi connectivity index (χ1) is 10.8. The van der Waals surface area contributed by atoms with E-state index in [1.54, 1.807) is 0 Å². The van der Waals surface area contributed by atoms with Crippen LogP contribution in [0.2, 0.25) is 0 Å². The van der Waals surface area contributed by atoms with E-state index in [0.717, 1.165) is 11.7 Å². The minimum absolute atomic E-state index is 0.0658. The molecule has 0 unspecified atom stereocenters. The van der Waals surface area contributed by atoms with E-state index < -0.39 is 7.52 Å². The van der Waals surface area contributed by atoms with Crippen LogP contribution in [0.1, 0.15) is 53.9 Å². The molecular formula is C19H32NO2P. The maximum absolute atomic E-state index is 13.6. The van der Waals surface area contributed by atoms with Crippen molar-refractivity contribution in [2.75, 3.05) is 0 Å². The van der Waals surface area contributed by atoms with E-state index in [0.29, 0.717) is 17.8 Å². The van der Waals surface area contributed by atoms with Crippen molar-refractivity contribution in [3.8, 4) is 0 Å². The molecule has 0 saturated heterocycles. The second-order valence-electron chi connectivity index (χ2n) is 7.64. The molecule has 1 aliphatic carbocycles. The van der Waals surface area contributed by atoms with Gasteiger partial charge in [0, 0.05) is 6.04 Å². The van der Waals surface area contributed by atoms with Gasteiger partial charge in [-0.15, -0.1) is 0 Å². The zero-order chi connectivity index (χ0) is 17.0. The summed E-state index contributed by atoms with van der Waals surface area (Å²) in [6.07, 6.45) is 3.48. The molecule has 4 heteroatoms. The third-order valence-electron chi connectivity index (χ3n) is 4.77. The average Bonchev–Trinajstić information content (AvgIpc) is 2.47. The van der Waals surface area contributed by atoms with Crippen LogP contribution in [0.15, 0.2) is 30.3 Å². The standard InChI is InChI=1S/C19H32NO2P/c1-14(2)18-12-11-16(5)13-19(18)22-23(21,20-15(3)4)17-9-7-6-8-10-17/h6-10,14-16,18-19H,11-13H2,1-5H3,(H,20,21)/t16-,18-,19-,23-/m1/s1. The number of hydrogen-bond acceptors (Lipinski definition) is 2. The average molecular weight is 337 g/mol. The van der Waals surface area contributed by atoms with Crippen LogP contribution in [-0.2, 0) is 9.09 Å². The van der Waals surface area contributed by atoms with Crippen molar-refractivity contribution in [2.24, 2.45) is 17.8 Å². The Balaban J connectivity index is 2.27. The van der Waals surface area contributed by atoms with Gasteiger partial charge in [0.05, 0.1) is 11.4 Å². The first-order valence-corrected chi connectivity index (χ1v) is 10.6. The van der Waals surface area contributed by atoms with E-state index >= 15 is 0 Å². The highest BCUT2D eigenvalue weighted by Gasteiger charge is 2.38. The Morgan fingerprint density at radius 3 is 2.35 bits per heavy atom. The third kappa shape index (κ3) is 4.92. The zero-order valence-corrected chi connectivity index (χ0v) is 16.1. The maximum atomic E-state index is 13.6. The molecule has 0 aromatic heterocycles. The summed E-state index contributed by atoms with van der Waals surface area (Å²) in [6, 6.07) is 9.73. The molecule has 0 bridgehead atoms. The summed E-state index contributed by atoms with van der Waals surface area (Å²) in [5.74, 6) is 1.67. The predicted molar refractivity (Wildman–Crippen MR) is 98.2 cm³/mol. The molecule has 0 radical (unpaired) electrons. The lowest BCUT2D eigenvalue weighted by Gasteiger charge is -2.39. The highest BCUT2D eigenvalue weighted by atomic mass is 31.2. The lowest BCUT2D eigenvalue weighted by molar-refractivity contribution is 0.0480. The van der Waals surface area contributed by atoms with Crippen LogP contribution in [0.25, 0.3) is 0 Å². The van der Waals surface area contributed by atoms with E-state index in [-0.39, 0.29) is 12.1 Å². The van der Waals surface area contributed by atoms with E-state index in [1.807, 2.05) is 44.2 Å². The van der Waals surface area contributed by atoms with Crippen LogP contribution >= 0.6 is 7.52 Å². The van der Waals surface area contributed by atoms with Gasteiger partial charge in [-0.1, -0.05) is 45.4 Å². The molecule has 1 fully saturated rings. The largest absolute Gasteiger partial charge is 0.311 e. The van der Waals surface area contributed by atoms with Crippen LogP contribution in [0.3, 0.4) is 0 Å². The highest BCUT2D eigenvalue weighted by molar-refractivity contribution is 7.65. The number of benzene rings is 1. The monoisotopic (exact) mass is 337 g/mol. The lowest BCUT2D eigenvalue weighted by atomic mass is 9.75. The minimum Gasteiger partial charge on any atom is -0.311 e. The fourth-order valence-electron chi connectivity index (χ4n) is 3.56. The first-order valence-electron chi connectivity index (χ1n) is 8.93. The van der Waals surface area contributed by atoms with Crippen molar-refractivity contribution >= 4 is 12.8 Å². The molecular weight excluding hydrogens is 305 g/mol. The van der Waals surface area contributed by atoms with Crippen molar-refractivity contribution < 1.29 is 9.09 Å². The second kappa shape index (κ2) is 7.96. The molecule has 2 rings (SSSR count). The molecule has 0 heterocycles. The van der Waals surface area contributed by atoms with Crippen molar-refractivity contribution in [3.05, 3.63) is 30.3 Å². The van der Waals surface area contributed by atoms with Gasteiger partial charge in [-0.3, -0.25) is 4.57 Å². The summed E-state index contributed by atoms with van der Waals surface area (Å²) in [4.78, 5) is 0. The van der Waals surface area contributed by atoms with Crippen molar-refractivity contribution in [3.63, 3.8) is 0 Å². The number of nitrogens with one attached hydrogen (secondary N) is 1. The Hall–Kier alpha value is -0.630. The molecule has 1 aromatic carbocycles. The summed E-state index contributed by atoms with van der Waals surface area (Å²) in [5.41, 5.74) is 0. The Bertz CT molecular complexity index is 529.